The molecule has 1 aromatic rings. The van der Waals surface area contributed by atoms with Gasteiger partial charge in [-0.3, -0.25) is 9.79 Å². The van der Waals surface area contributed by atoms with Crippen LogP contribution >= 0.6 is 39.9 Å². The van der Waals surface area contributed by atoms with Crippen molar-refractivity contribution in [3.05, 3.63) is 28.7 Å². The van der Waals surface area contributed by atoms with Crippen molar-refractivity contribution in [1.82, 2.24) is 10.6 Å². The maximum atomic E-state index is 11.9. The van der Waals surface area contributed by atoms with Crippen LogP contribution in [0.4, 0.5) is 5.69 Å². The fourth-order valence-corrected chi connectivity index (χ4v) is 4.29. The molecule has 0 radical (unpaired) electrons. The Labute approximate surface area is 173 Å². The Morgan fingerprint density at radius 3 is 2.56 bits per heavy atom. The van der Waals surface area contributed by atoms with Crippen LogP contribution < -0.4 is 16.0 Å². The molecule has 1 aliphatic rings. The molecule has 7 nitrogen and oxygen atoms in total. The van der Waals surface area contributed by atoms with Gasteiger partial charge < -0.3 is 16.0 Å². The maximum Gasteiger partial charge on any atom is 0.226 e. The largest absolute Gasteiger partial charge is 0.356 e. The Hall–Kier alpha value is -0.880. The van der Waals surface area contributed by atoms with Gasteiger partial charge in [-0.05, 0) is 30.7 Å². The summed E-state index contributed by atoms with van der Waals surface area (Å²) in [6, 6.07) is 7.22. The Kier molecular flexibility index (Phi) is 9.14. The van der Waals surface area contributed by atoms with Crippen LogP contribution in [0.2, 0.25) is 0 Å². The van der Waals surface area contributed by atoms with Crippen molar-refractivity contribution in [2.45, 2.75) is 18.9 Å². The van der Waals surface area contributed by atoms with Crippen molar-refractivity contribution in [3.63, 3.8) is 0 Å². The lowest BCUT2D eigenvalue weighted by Gasteiger charge is -2.16. The van der Waals surface area contributed by atoms with Crippen molar-refractivity contribution in [2.24, 2.45) is 4.99 Å². The minimum absolute atomic E-state index is 0. The molecule has 1 fully saturated rings. The van der Waals surface area contributed by atoms with Gasteiger partial charge in [0.25, 0.3) is 0 Å². The summed E-state index contributed by atoms with van der Waals surface area (Å²) in [5.41, 5.74) is 0.738. The van der Waals surface area contributed by atoms with Crippen molar-refractivity contribution in [2.75, 3.05) is 30.4 Å². The molecule has 2 rings (SSSR count). The van der Waals surface area contributed by atoms with Crippen LogP contribution in [-0.2, 0) is 14.6 Å². The van der Waals surface area contributed by atoms with Gasteiger partial charge in [-0.1, -0.05) is 15.9 Å². The summed E-state index contributed by atoms with van der Waals surface area (Å²) < 4.78 is 23.9. The number of carbonyl (C=O) groups is 1. The number of benzene rings is 1. The minimum Gasteiger partial charge on any atom is -0.356 e. The first kappa shape index (κ1) is 22.2. The Morgan fingerprint density at radius 2 is 2.00 bits per heavy atom. The lowest BCUT2D eigenvalue weighted by atomic mass is 10.3. The van der Waals surface area contributed by atoms with Gasteiger partial charge >= 0.3 is 0 Å². The highest BCUT2D eigenvalue weighted by atomic mass is 127. The highest BCUT2D eigenvalue weighted by Gasteiger charge is 2.28. The Morgan fingerprint density at radius 1 is 1.32 bits per heavy atom. The molecule has 3 N–H and O–H groups in total. The second kappa shape index (κ2) is 10.3. The van der Waals surface area contributed by atoms with E-state index < -0.39 is 9.84 Å². The summed E-state index contributed by atoms with van der Waals surface area (Å²) in [7, 11) is -1.32. The van der Waals surface area contributed by atoms with Crippen molar-refractivity contribution >= 4 is 67.3 Å². The summed E-state index contributed by atoms with van der Waals surface area (Å²) in [5, 5.41) is 8.90. The topological polar surface area (TPSA) is 99.7 Å². The highest BCUT2D eigenvalue weighted by molar-refractivity contribution is 14.0. The number of halogens is 2. The monoisotopic (exact) mass is 544 g/mol. The number of rotatable bonds is 5. The molecule has 0 spiro atoms. The molecule has 1 heterocycles. The number of hydrogen-bond donors (Lipinski definition) is 3. The maximum absolute atomic E-state index is 11.9. The van der Waals surface area contributed by atoms with E-state index in [-0.39, 0.29) is 53.9 Å². The summed E-state index contributed by atoms with van der Waals surface area (Å²) in [4.78, 5) is 15.9. The third-order valence-electron chi connectivity index (χ3n) is 3.57. The molecule has 140 valence electrons. The standard InChI is InChI=1S/C15H21BrN4O3S.HI/c1-17-15(20-13-7-9-24(22,23)10-13)18-8-6-14(21)19-12-4-2-11(16)3-5-12;/h2-5,13H,6-10H2,1H3,(H,19,21)(H2,17,18,20);1H. The fraction of sp³-hybridized carbons (Fsp3) is 0.467. The predicted molar refractivity (Wildman–Crippen MR) is 114 cm³/mol. The molecule has 1 amide bonds. The van der Waals surface area contributed by atoms with Gasteiger partial charge in [0.15, 0.2) is 15.8 Å². The molecular formula is C15H22BrIN4O3S. The molecule has 1 saturated heterocycles. The molecule has 1 aromatic carbocycles. The number of amides is 1. The lowest BCUT2D eigenvalue weighted by molar-refractivity contribution is -0.116. The quantitative estimate of drug-likeness (QED) is 0.298. The van der Waals surface area contributed by atoms with E-state index in [1.165, 1.54) is 0 Å². The second-order valence-electron chi connectivity index (χ2n) is 5.55. The molecule has 1 unspecified atom stereocenters. The van der Waals surface area contributed by atoms with E-state index in [1.54, 1.807) is 7.05 Å². The number of carbonyl (C=O) groups excluding carboxylic acids is 1. The van der Waals surface area contributed by atoms with E-state index in [1.807, 2.05) is 24.3 Å². The van der Waals surface area contributed by atoms with Crippen LogP contribution in [0.15, 0.2) is 33.7 Å². The molecular weight excluding hydrogens is 523 g/mol. The van der Waals surface area contributed by atoms with Gasteiger partial charge in [-0.2, -0.15) is 0 Å². The Balaban J connectivity index is 0.00000312. The van der Waals surface area contributed by atoms with Crippen LogP contribution in [0.1, 0.15) is 12.8 Å². The average molecular weight is 545 g/mol. The molecule has 1 atom stereocenters. The van der Waals surface area contributed by atoms with Gasteiger partial charge in [-0.15, -0.1) is 24.0 Å². The molecule has 0 saturated carbocycles. The molecule has 10 heteroatoms. The van der Waals surface area contributed by atoms with Crippen LogP contribution in [0, 0.1) is 0 Å². The van der Waals surface area contributed by atoms with Gasteiger partial charge in [-0.25, -0.2) is 8.42 Å². The summed E-state index contributed by atoms with van der Waals surface area (Å²) >= 11 is 3.34. The van der Waals surface area contributed by atoms with Gasteiger partial charge in [0.1, 0.15) is 0 Å². The molecule has 0 aliphatic carbocycles. The zero-order valence-electron chi connectivity index (χ0n) is 13.8. The SMILES string of the molecule is CN=C(NCCC(=O)Nc1ccc(Br)cc1)NC1CCS(=O)(=O)C1.I. The van der Waals surface area contributed by atoms with E-state index in [2.05, 4.69) is 36.9 Å². The smallest absolute Gasteiger partial charge is 0.226 e. The molecule has 0 bridgehead atoms. The third kappa shape index (κ3) is 7.90. The van der Waals surface area contributed by atoms with E-state index in [4.69, 9.17) is 0 Å². The summed E-state index contributed by atoms with van der Waals surface area (Å²) in [5.74, 6) is 0.729. The van der Waals surface area contributed by atoms with Gasteiger partial charge in [0, 0.05) is 36.2 Å². The highest BCUT2D eigenvalue weighted by Crippen LogP contribution is 2.14. The minimum atomic E-state index is -2.93. The average Bonchev–Trinajstić information content (AvgIpc) is 2.87. The van der Waals surface area contributed by atoms with Gasteiger partial charge in [0.05, 0.1) is 11.5 Å². The first-order valence-corrected chi connectivity index (χ1v) is 10.2. The number of guanidine groups is 1. The first-order valence-electron chi connectivity index (χ1n) is 7.61. The van der Waals surface area contributed by atoms with E-state index in [0.29, 0.717) is 18.9 Å². The number of aliphatic imine (C=N–C) groups is 1. The number of anilines is 1. The van der Waals surface area contributed by atoms with Crippen molar-refractivity contribution < 1.29 is 13.2 Å². The molecule has 0 aromatic heterocycles. The third-order valence-corrected chi connectivity index (χ3v) is 5.87. The predicted octanol–water partition coefficient (Wildman–Crippen LogP) is 1.75. The fourth-order valence-electron chi connectivity index (χ4n) is 2.35. The first-order chi connectivity index (χ1) is 11.4. The van der Waals surface area contributed by atoms with E-state index >= 15 is 0 Å². The second-order valence-corrected chi connectivity index (χ2v) is 8.69. The number of hydrogen-bond acceptors (Lipinski definition) is 4. The molecule has 1 aliphatic heterocycles. The van der Waals surface area contributed by atoms with E-state index in [9.17, 15) is 13.2 Å². The van der Waals surface area contributed by atoms with Crippen LogP contribution in [0.25, 0.3) is 0 Å². The summed E-state index contributed by atoms with van der Waals surface area (Å²) in [6.07, 6.45) is 0.854. The zero-order chi connectivity index (χ0) is 17.6. The lowest BCUT2D eigenvalue weighted by Crippen LogP contribution is -2.44. The van der Waals surface area contributed by atoms with Crippen LogP contribution in [0.5, 0.6) is 0 Å². The summed E-state index contributed by atoms with van der Waals surface area (Å²) in [6.45, 7) is 0.404. The van der Waals surface area contributed by atoms with Crippen LogP contribution in [-0.4, -0.2) is 51.4 Å². The number of sulfone groups is 1. The zero-order valence-corrected chi connectivity index (χ0v) is 18.5. The van der Waals surface area contributed by atoms with Gasteiger partial charge in [0.2, 0.25) is 5.91 Å². The van der Waals surface area contributed by atoms with E-state index in [0.717, 1.165) is 10.2 Å². The van der Waals surface area contributed by atoms with Crippen molar-refractivity contribution in [1.29, 1.82) is 0 Å². The Bertz CT molecular complexity index is 710. The van der Waals surface area contributed by atoms with Crippen molar-refractivity contribution in [3.8, 4) is 0 Å². The number of nitrogens with one attached hydrogen (secondary N) is 3. The normalized spacial score (nSPS) is 19.0. The van der Waals surface area contributed by atoms with Crippen LogP contribution in [0.3, 0.4) is 0 Å². The number of nitrogens with zero attached hydrogens (tertiary/aromatic N) is 1. The molecule has 25 heavy (non-hydrogen) atoms.